The first-order chi connectivity index (χ1) is 10.6. The van der Waals surface area contributed by atoms with Crippen LogP contribution in [-0.4, -0.2) is 24.8 Å². The van der Waals surface area contributed by atoms with Gasteiger partial charge in [-0.3, -0.25) is 0 Å². The molecule has 0 amide bonds. The minimum Gasteiger partial charge on any atom is -0.449 e. The smallest absolute Gasteiger partial charge is 0.235 e. The molecule has 0 atom stereocenters. The summed E-state index contributed by atoms with van der Waals surface area (Å²) in [6, 6.07) is 4.70. The molecule has 0 saturated carbocycles. The average molecular weight is 336 g/mol. The highest BCUT2D eigenvalue weighted by Gasteiger charge is 2.19. The van der Waals surface area contributed by atoms with Gasteiger partial charge in [0, 0.05) is 6.92 Å². The Balaban J connectivity index is 1.89. The van der Waals surface area contributed by atoms with Crippen molar-refractivity contribution in [1.29, 1.82) is 0 Å². The van der Waals surface area contributed by atoms with E-state index in [1.165, 1.54) is 28.2 Å². The summed E-state index contributed by atoms with van der Waals surface area (Å²) in [5, 5.41) is 13.0. The van der Waals surface area contributed by atoms with Gasteiger partial charge in [0.05, 0.1) is 10.6 Å². The molecule has 110 valence electrons. The van der Waals surface area contributed by atoms with Crippen LogP contribution in [0.15, 0.2) is 28.9 Å². The van der Waals surface area contributed by atoms with Crippen LogP contribution in [0.3, 0.4) is 0 Å². The molecule has 1 aromatic carbocycles. The van der Waals surface area contributed by atoms with Crippen molar-refractivity contribution in [2.24, 2.45) is 0 Å². The highest BCUT2D eigenvalue weighted by molar-refractivity contribution is 7.19. The van der Waals surface area contributed by atoms with Crippen molar-refractivity contribution in [2.75, 3.05) is 0 Å². The maximum absolute atomic E-state index is 14.2. The summed E-state index contributed by atoms with van der Waals surface area (Å²) in [7, 11) is 0. The zero-order valence-electron chi connectivity index (χ0n) is 11.1. The molecule has 0 saturated heterocycles. The number of fused-ring (bicyclic) bond motifs is 1. The first kappa shape index (κ1) is 13.4. The molecule has 0 unspecified atom stereocenters. The number of aryl methyl sites for hydroxylation is 1. The van der Waals surface area contributed by atoms with Gasteiger partial charge in [0.15, 0.2) is 22.5 Å². The molecule has 3 aromatic heterocycles. The largest absolute Gasteiger partial charge is 0.449 e. The van der Waals surface area contributed by atoms with E-state index in [0.717, 1.165) is 0 Å². The number of aromatic nitrogens is 5. The zero-order valence-corrected chi connectivity index (χ0v) is 12.7. The van der Waals surface area contributed by atoms with Crippen molar-refractivity contribution in [1.82, 2.24) is 24.8 Å². The van der Waals surface area contributed by atoms with E-state index in [-0.39, 0.29) is 16.4 Å². The molecule has 0 bridgehead atoms. The third kappa shape index (κ3) is 1.99. The van der Waals surface area contributed by atoms with Crippen LogP contribution in [0.4, 0.5) is 4.39 Å². The maximum Gasteiger partial charge on any atom is 0.235 e. The Bertz CT molecular complexity index is 992. The summed E-state index contributed by atoms with van der Waals surface area (Å²) >= 11 is 7.10. The lowest BCUT2D eigenvalue weighted by Gasteiger charge is -2.00. The number of oxazole rings is 1. The summed E-state index contributed by atoms with van der Waals surface area (Å²) in [6.45, 7) is 1.75. The van der Waals surface area contributed by atoms with Crippen molar-refractivity contribution in [3.05, 3.63) is 41.2 Å². The van der Waals surface area contributed by atoms with Gasteiger partial charge in [-0.25, -0.2) is 9.37 Å². The van der Waals surface area contributed by atoms with Gasteiger partial charge in [0.25, 0.3) is 0 Å². The summed E-state index contributed by atoms with van der Waals surface area (Å²) < 4.78 is 20.8. The molecule has 3 heterocycles. The topological polar surface area (TPSA) is 69.1 Å². The third-order valence-electron chi connectivity index (χ3n) is 3.02. The van der Waals surface area contributed by atoms with Gasteiger partial charge in [-0.05, 0) is 12.1 Å². The Morgan fingerprint density at radius 1 is 1.32 bits per heavy atom. The Morgan fingerprint density at radius 2 is 2.18 bits per heavy atom. The number of halogens is 2. The number of nitrogens with zero attached hydrogens (tertiary/aromatic N) is 5. The van der Waals surface area contributed by atoms with Crippen LogP contribution < -0.4 is 0 Å². The fraction of sp³-hybridized carbons (Fsp3) is 0.0769. The molecule has 0 radical (unpaired) electrons. The van der Waals surface area contributed by atoms with Crippen LogP contribution in [0.1, 0.15) is 5.89 Å². The van der Waals surface area contributed by atoms with E-state index in [9.17, 15) is 4.39 Å². The van der Waals surface area contributed by atoms with E-state index >= 15 is 0 Å². The van der Waals surface area contributed by atoms with Crippen LogP contribution in [0.25, 0.3) is 27.1 Å². The zero-order chi connectivity index (χ0) is 15.3. The second-order valence-corrected chi connectivity index (χ2v) is 5.84. The third-order valence-corrected chi connectivity index (χ3v) is 4.23. The number of hydrogen-bond donors (Lipinski definition) is 0. The van der Waals surface area contributed by atoms with Crippen molar-refractivity contribution in [2.45, 2.75) is 6.92 Å². The van der Waals surface area contributed by atoms with Crippen molar-refractivity contribution in [3.63, 3.8) is 0 Å². The fourth-order valence-electron chi connectivity index (χ4n) is 2.03. The summed E-state index contributed by atoms with van der Waals surface area (Å²) in [5.41, 5.74) is 0.846. The lowest BCUT2D eigenvalue weighted by molar-refractivity contribution is 0.521. The fourth-order valence-corrected chi connectivity index (χ4v) is 2.99. The molecule has 6 nitrogen and oxygen atoms in total. The van der Waals surface area contributed by atoms with Gasteiger partial charge >= 0.3 is 0 Å². The maximum atomic E-state index is 14.2. The van der Waals surface area contributed by atoms with Gasteiger partial charge in [-0.2, -0.15) is 9.61 Å². The Morgan fingerprint density at radius 3 is 2.95 bits per heavy atom. The number of benzene rings is 1. The van der Waals surface area contributed by atoms with E-state index in [4.69, 9.17) is 16.0 Å². The Labute approximate surface area is 132 Å². The molecule has 4 aromatic rings. The summed E-state index contributed by atoms with van der Waals surface area (Å²) in [4.78, 5) is 4.75. The summed E-state index contributed by atoms with van der Waals surface area (Å²) in [6.07, 6.45) is 1.51. The van der Waals surface area contributed by atoms with Gasteiger partial charge in [0.1, 0.15) is 12.0 Å². The highest BCUT2D eigenvalue weighted by Crippen LogP contribution is 2.30. The quantitative estimate of drug-likeness (QED) is 0.559. The second kappa shape index (κ2) is 4.85. The number of hydrogen-bond acceptors (Lipinski definition) is 6. The normalized spacial score (nSPS) is 11.4. The van der Waals surface area contributed by atoms with Gasteiger partial charge in [-0.1, -0.05) is 29.0 Å². The first-order valence-electron chi connectivity index (χ1n) is 6.22. The van der Waals surface area contributed by atoms with E-state index in [1.807, 2.05) is 0 Å². The molecule has 0 aliphatic heterocycles. The SMILES string of the molecule is Cc1nc(-c2nn3c(-c4cccc(Cl)c4F)nnc3s2)co1. The average Bonchev–Trinajstić information content (AvgIpc) is 3.17. The standard InChI is InChI=1S/C13H7ClFN5OS/c1-6-16-9(5-21-6)12-19-20-11(17-18-13(20)22-12)7-3-2-4-8(14)10(7)15/h2-5H,1H3. The monoisotopic (exact) mass is 335 g/mol. The molecule has 4 rings (SSSR count). The Kier molecular flexibility index (Phi) is 2.95. The molecular formula is C13H7ClFN5OS. The van der Waals surface area contributed by atoms with E-state index in [1.54, 1.807) is 19.1 Å². The predicted octanol–water partition coefficient (Wildman–Crippen LogP) is 3.61. The van der Waals surface area contributed by atoms with Crippen LogP contribution in [0.2, 0.25) is 5.02 Å². The first-order valence-corrected chi connectivity index (χ1v) is 7.42. The molecule has 0 aliphatic carbocycles. The van der Waals surface area contributed by atoms with Gasteiger partial charge < -0.3 is 4.42 Å². The van der Waals surface area contributed by atoms with E-state index in [2.05, 4.69) is 20.3 Å². The molecule has 22 heavy (non-hydrogen) atoms. The Hall–Kier alpha value is -2.32. The minimum absolute atomic E-state index is 0.0248. The van der Waals surface area contributed by atoms with Crippen molar-refractivity contribution < 1.29 is 8.81 Å². The number of rotatable bonds is 2. The van der Waals surface area contributed by atoms with Crippen LogP contribution in [0.5, 0.6) is 0 Å². The lowest BCUT2D eigenvalue weighted by atomic mass is 10.2. The minimum atomic E-state index is -0.551. The van der Waals surface area contributed by atoms with E-state index < -0.39 is 5.82 Å². The molecule has 0 aliphatic rings. The van der Waals surface area contributed by atoms with Crippen LogP contribution in [-0.2, 0) is 0 Å². The molecular weight excluding hydrogens is 329 g/mol. The summed E-state index contributed by atoms with van der Waals surface area (Å²) in [5.74, 6) is 0.282. The van der Waals surface area contributed by atoms with Crippen molar-refractivity contribution in [3.8, 4) is 22.1 Å². The van der Waals surface area contributed by atoms with Crippen LogP contribution in [0, 0.1) is 12.7 Å². The molecule has 9 heteroatoms. The van der Waals surface area contributed by atoms with Gasteiger partial charge in [0.2, 0.25) is 4.96 Å². The second-order valence-electron chi connectivity index (χ2n) is 4.48. The molecule has 0 N–H and O–H groups in total. The van der Waals surface area contributed by atoms with Crippen molar-refractivity contribution >= 4 is 27.9 Å². The molecule has 0 spiro atoms. The molecule has 0 fully saturated rings. The lowest BCUT2D eigenvalue weighted by Crippen LogP contribution is -1.94. The van der Waals surface area contributed by atoms with Gasteiger partial charge in [-0.15, -0.1) is 10.2 Å². The predicted molar refractivity (Wildman–Crippen MR) is 79.3 cm³/mol. The van der Waals surface area contributed by atoms with Crippen LogP contribution >= 0.6 is 22.9 Å². The highest BCUT2D eigenvalue weighted by atomic mass is 35.5. The van der Waals surface area contributed by atoms with E-state index in [0.29, 0.717) is 21.6 Å².